The van der Waals surface area contributed by atoms with Crippen LogP contribution in [0.4, 0.5) is 0 Å². The summed E-state index contributed by atoms with van der Waals surface area (Å²) in [6, 6.07) is 18.1. The highest BCUT2D eigenvalue weighted by Crippen LogP contribution is 2.31. The average molecular weight is 551 g/mol. The van der Waals surface area contributed by atoms with Gasteiger partial charge in [0, 0.05) is 29.7 Å². The Morgan fingerprint density at radius 2 is 1.56 bits per heavy atom. The molecule has 1 N–H and O–H groups in total. The number of benzene rings is 3. The smallest absolute Gasteiger partial charge is 0.345 e. The van der Waals surface area contributed by atoms with Gasteiger partial charge < -0.3 is 9.47 Å². The highest BCUT2D eigenvalue weighted by atomic mass is 32.2. The number of aromatic nitrogens is 1. The second-order valence-corrected chi connectivity index (χ2v) is 11.4. The van der Waals surface area contributed by atoms with Crippen molar-refractivity contribution in [3.8, 4) is 5.75 Å². The molecule has 0 aliphatic rings. The van der Waals surface area contributed by atoms with Crippen LogP contribution in [0.2, 0.25) is 0 Å². The number of aryl methyl sites for hydroxylation is 2. The third-order valence-corrected chi connectivity index (χ3v) is 7.25. The van der Waals surface area contributed by atoms with Gasteiger partial charge >= 0.3 is 5.97 Å². The SMILES string of the molecule is CC(=O)c1cc(C)c(OC(=O)c2c3ccccc3[n+](CCCS(=O)(=O)O)c3ccccc23)c(COC(C)C)c1. The molecule has 0 unspecified atom stereocenters. The van der Waals surface area contributed by atoms with Crippen LogP contribution in [0.1, 0.15) is 59.0 Å². The summed E-state index contributed by atoms with van der Waals surface area (Å²) >= 11 is 0. The second-order valence-electron chi connectivity index (χ2n) is 9.79. The Morgan fingerprint density at radius 1 is 0.974 bits per heavy atom. The van der Waals surface area contributed by atoms with Crippen LogP contribution in [0.5, 0.6) is 5.75 Å². The van der Waals surface area contributed by atoms with Gasteiger partial charge in [-0.2, -0.15) is 13.0 Å². The third-order valence-electron chi connectivity index (χ3n) is 6.44. The number of hydrogen-bond donors (Lipinski definition) is 1. The zero-order chi connectivity index (χ0) is 28.3. The fourth-order valence-corrected chi connectivity index (χ4v) is 5.18. The van der Waals surface area contributed by atoms with Gasteiger partial charge in [-0.15, -0.1) is 0 Å². The molecule has 1 aromatic heterocycles. The van der Waals surface area contributed by atoms with E-state index < -0.39 is 16.1 Å². The van der Waals surface area contributed by atoms with Gasteiger partial charge in [0.2, 0.25) is 11.0 Å². The molecule has 0 atom stereocenters. The molecule has 9 heteroatoms. The van der Waals surface area contributed by atoms with E-state index in [1.165, 1.54) is 6.92 Å². The first kappa shape index (κ1) is 28.4. The van der Waals surface area contributed by atoms with Crippen LogP contribution in [-0.4, -0.2) is 36.6 Å². The Hall–Kier alpha value is -3.66. The second kappa shape index (κ2) is 11.6. The molecule has 4 rings (SSSR count). The van der Waals surface area contributed by atoms with Crippen LogP contribution in [-0.2, 0) is 28.0 Å². The van der Waals surface area contributed by atoms with E-state index in [4.69, 9.17) is 9.47 Å². The summed E-state index contributed by atoms with van der Waals surface area (Å²) in [5.74, 6) is -0.676. The fraction of sp³-hybridized carbons (Fsp3) is 0.300. The number of rotatable bonds is 10. The maximum atomic E-state index is 13.9. The van der Waals surface area contributed by atoms with E-state index in [-0.39, 0.29) is 30.7 Å². The Kier molecular flexibility index (Phi) is 8.44. The molecular formula is C30H32NO7S+. The van der Waals surface area contributed by atoms with Crippen LogP contribution >= 0.6 is 0 Å². The zero-order valence-corrected chi connectivity index (χ0v) is 23.2. The lowest BCUT2D eigenvalue weighted by Gasteiger charge is -2.17. The summed E-state index contributed by atoms with van der Waals surface area (Å²) < 4.78 is 45.7. The van der Waals surface area contributed by atoms with E-state index in [0.29, 0.717) is 45.3 Å². The lowest BCUT2D eigenvalue weighted by Crippen LogP contribution is -2.37. The lowest BCUT2D eigenvalue weighted by molar-refractivity contribution is -0.645. The van der Waals surface area contributed by atoms with Crippen molar-refractivity contribution >= 4 is 43.7 Å². The molecule has 39 heavy (non-hydrogen) atoms. The summed E-state index contributed by atoms with van der Waals surface area (Å²) in [7, 11) is -4.10. The average Bonchev–Trinajstić information content (AvgIpc) is 2.87. The number of Topliss-reactive ketones (excluding diaryl/α,β-unsaturated/α-hetero) is 1. The van der Waals surface area contributed by atoms with Gasteiger partial charge in [0.05, 0.1) is 34.8 Å². The number of esters is 1. The van der Waals surface area contributed by atoms with E-state index in [9.17, 15) is 22.6 Å². The van der Waals surface area contributed by atoms with Gasteiger partial charge in [0.25, 0.3) is 10.1 Å². The van der Waals surface area contributed by atoms with Crippen LogP contribution in [0.15, 0.2) is 60.7 Å². The van der Waals surface area contributed by atoms with Gasteiger partial charge in [0.1, 0.15) is 5.75 Å². The molecule has 0 saturated heterocycles. The van der Waals surface area contributed by atoms with E-state index in [2.05, 4.69) is 0 Å². The summed E-state index contributed by atoms with van der Waals surface area (Å²) in [5, 5.41) is 1.29. The van der Waals surface area contributed by atoms with Crippen LogP contribution in [0.25, 0.3) is 21.8 Å². The molecule has 0 fully saturated rings. The van der Waals surface area contributed by atoms with Crippen molar-refractivity contribution in [3.05, 3.63) is 82.9 Å². The van der Waals surface area contributed by atoms with Crippen molar-refractivity contribution in [1.82, 2.24) is 0 Å². The number of pyridine rings is 1. The first-order chi connectivity index (χ1) is 18.5. The molecule has 0 amide bonds. The number of para-hydroxylation sites is 2. The molecule has 0 spiro atoms. The minimum atomic E-state index is -4.10. The summed E-state index contributed by atoms with van der Waals surface area (Å²) in [6.07, 6.45) is 0.135. The van der Waals surface area contributed by atoms with Crippen molar-refractivity contribution in [2.75, 3.05) is 5.75 Å². The van der Waals surface area contributed by atoms with E-state index in [1.54, 1.807) is 19.1 Å². The normalized spacial score (nSPS) is 11.8. The van der Waals surface area contributed by atoms with Crippen molar-refractivity contribution in [2.24, 2.45) is 0 Å². The van der Waals surface area contributed by atoms with E-state index in [0.717, 1.165) is 11.0 Å². The Morgan fingerprint density at radius 3 is 2.10 bits per heavy atom. The maximum Gasteiger partial charge on any atom is 0.345 e. The highest BCUT2D eigenvalue weighted by Gasteiger charge is 2.27. The van der Waals surface area contributed by atoms with Gasteiger partial charge in [-0.1, -0.05) is 24.3 Å². The van der Waals surface area contributed by atoms with Crippen LogP contribution < -0.4 is 9.30 Å². The minimum absolute atomic E-state index is 0.0619. The first-order valence-electron chi connectivity index (χ1n) is 12.7. The summed E-state index contributed by atoms with van der Waals surface area (Å²) in [4.78, 5) is 26.0. The van der Waals surface area contributed by atoms with Gasteiger partial charge in [0.15, 0.2) is 12.3 Å². The predicted octanol–water partition coefficient (Wildman–Crippen LogP) is 5.21. The molecule has 3 aromatic carbocycles. The Labute approximate surface area is 227 Å². The Bertz CT molecular complexity index is 1620. The van der Waals surface area contributed by atoms with Crippen molar-refractivity contribution < 1.29 is 36.6 Å². The third kappa shape index (κ3) is 6.50. The molecule has 0 radical (unpaired) electrons. The number of carbonyl (C=O) groups is 2. The van der Waals surface area contributed by atoms with Gasteiger partial charge in [-0.05, 0) is 57.5 Å². The lowest BCUT2D eigenvalue weighted by atomic mass is 10.0. The largest absolute Gasteiger partial charge is 0.422 e. The first-order valence-corrected chi connectivity index (χ1v) is 14.3. The van der Waals surface area contributed by atoms with Crippen molar-refractivity contribution in [3.63, 3.8) is 0 Å². The molecule has 0 aliphatic heterocycles. The maximum absolute atomic E-state index is 13.9. The van der Waals surface area contributed by atoms with E-state index >= 15 is 0 Å². The zero-order valence-electron chi connectivity index (χ0n) is 22.4. The van der Waals surface area contributed by atoms with Crippen LogP contribution in [0.3, 0.4) is 0 Å². The molecule has 0 aliphatic carbocycles. The number of ether oxygens (including phenoxy) is 2. The quantitative estimate of drug-likeness (QED) is 0.0720. The standard InChI is InChI=1S/C30H31NO7S/c1-19(2)37-18-23-17-22(21(4)32)16-20(3)29(23)38-30(33)28-24-10-5-7-12-26(24)31(14-9-15-39(34,35)36)27-13-8-6-11-25(27)28/h5-8,10-13,16-17,19H,9,14-15,18H2,1-4H3/p+1. The van der Waals surface area contributed by atoms with Crippen molar-refractivity contribution in [1.29, 1.82) is 0 Å². The van der Waals surface area contributed by atoms with E-state index in [1.807, 2.05) is 66.9 Å². The van der Waals surface area contributed by atoms with Gasteiger partial charge in [-0.3, -0.25) is 9.35 Å². The minimum Gasteiger partial charge on any atom is -0.422 e. The van der Waals surface area contributed by atoms with Crippen molar-refractivity contribution in [2.45, 2.75) is 53.4 Å². The number of fused-ring (bicyclic) bond motifs is 2. The summed E-state index contributed by atoms with van der Waals surface area (Å²) in [6.45, 7) is 7.58. The van der Waals surface area contributed by atoms with Gasteiger partial charge in [-0.25, -0.2) is 4.79 Å². The molecule has 1 heterocycles. The number of carbonyl (C=O) groups excluding carboxylic acids is 2. The molecular weight excluding hydrogens is 518 g/mol. The molecule has 204 valence electrons. The monoisotopic (exact) mass is 550 g/mol. The molecule has 8 nitrogen and oxygen atoms in total. The Balaban J connectivity index is 1.84. The fourth-order valence-electron chi connectivity index (χ4n) is 4.69. The summed E-state index contributed by atoms with van der Waals surface area (Å²) in [5.41, 5.74) is 3.58. The number of nitrogens with zero attached hydrogens (tertiary/aromatic N) is 1. The number of ketones is 1. The molecule has 0 bridgehead atoms. The molecule has 0 saturated carbocycles. The predicted molar refractivity (Wildman–Crippen MR) is 149 cm³/mol. The highest BCUT2D eigenvalue weighted by molar-refractivity contribution is 7.85. The number of hydrogen-bond acceptors (Lipinski definition) is 6. The molecule has 4 aromatic rings. The van der Waals surface area contributed by atoms with Crippen LogP contribution in [0, 0.1) is 6.92 Å². The topological polar surface area (TPSA) is 111 Å².